The monoisotopic (exact) mass is 348 g/mol. The Hall–Kier alpha value is -2.77. The molecule has 2 aliphatic rings. The van der Waals surface area contributed by atoms with Gasteiger partial charge in [-0.3, -0.25) is 14.4 Å². The quantitative estimate of drug-likeness (QED) is 0.806. The number of hydrogen-bond donors (Lipinski definition) is 1. The molecule has 2 heterocycles. The van der Waals surface area contributed by atoms with E-state index in [0.717, 1.165) is 19.3 Å². The highest BCUT2D eigenvalue weighted by Crippen LogP contribution is 2.34. The Kier molecular flexibility index (Phi) is 5.37. The molecule has 8 nitrogen and oxygen atoms in total. The van der Waals surface area contributed by atoms with E-state index in [0.29, 0.717) is 30.2 Å². The summed E-state index contributed by atoms with van der Waals surface area (Å²) in [5, 5.41) is 2.62. The highest BCUT2D eigenvalue weighted by Gasteiger charge is 2.20. The SMILES string of the molecule is O=C(COC(=O)CN1CCCCCC1=O)Nc1ccc2c(c1)OCO2. The van der Waals surface area contributed by atoms with Crippen molar-refractivity contribution in [2.75, 3.05) is 31.8 Å². The number of likely N-dealkylation sites (tertiary alicyclic amines) is 1. The second-order valence-electron chi connectivity index (χ2n) is 5.90. The van der Waals surface area contributed by atoms with Crippen molar-refractivity contribution in [2.24, 2.45) is 0 Å². The zero-order chi connectivity index (χ0) is 17.6. The van der Waals surface area contributed by atoms with E-state index in [1.807, 2.05) is 0 Å². The third-order valence-corrected chi connectivity index (χ3v) is 4.01. The number of amides is 2. The number of benzene rings is 1. The van der Waals surface area contributed by atoms with Gasteiger partial charge in [0.25, 0.3) is 5.91 Å². The first-order valence-electron chi connectivity index (χ1n) is 8.25. The van der Waals surface area contributed by atoms with Crippen LogP contribution in [0, 0.1) is 0 Å². The first-order valence-corrected chi connectivity index (χ1v) is 8.25. The highest BCUT2D eigenvalue weighted by atomic mass is 16.7. The lowest BCUT2D eigenvalue weighted by atomic mass is 10.2. The molecule has 0 radical (unpaired) electrons. The van der Waals surface area contributed by atoms with E-state index < -0.39 is 18.5 Å². The average Bonchev–Trinajstić information content (AvgIpc) is 2.97. The number of esters is 1. The predicted molar refractivity (Wildman–Crippen MR) is 87.2 cm³/mol. The van der Waals surface area contributed by atoms with E-state index in [1.54, 1.807) is 18.2 Å². The van der Waals surface area contributed by atoms with Gasteiger partial charge in [0.2, 0.25) is 12.7 Å². The Morgan fingerprint density at radius 1 is 1.16 bits per heavy atom. The number of rotatable bonds is 5. The van der Waals surface area contributed by atoms with Gasteiger partial charge in [-0.15, -0.1) is 0 Å². The van der Waals surface area contributed by atoms with Crippen molar-refractivity contribution in [1.29, 1.82) is 0 Å². The molecule has 8 heteroatoms. The van der Waals surface area contributed by atoms with Crippen LogP contribution < -0.4 is 14.8 Å². The highest BCUT2D eigenvalue weighted by molar-refractivity contribution is 5.93. The van der Waals surface area contributed by atoms with Gasteiger partial charge in [0.05, 0.1) is 0 Å². The number of anilines is 1. The van der Waals surface area contributed by atoms with Crippen molar-refractivity contribution in [3.63, 3.8) is 0 Å². The molecule has 134 valence electrons. The van der Waals surface area contributed by atoms with Crippen LogP contribution in [0.1, 0.15) is 25.7 Å². The molecule has 0 aliphatic carbocycles. The van der Waals surface area contributed by atoms with Gasteiger partial charge in [-0.25, -0.2) is 0 Å². The minimum atomic E-state index is -0.587. The summed E-state index contributed by atoms with van der Waals surface area (Å²) >= 11 is 0. The maximum atomic E-state index is 11.9. The minimum absolute atomic E-state index is 0.0424. The molecule has 1 N–H and O–H groups in total. The van der Waals surface area contributed by atoms with Crippen molar-refractivity contribution in [1.82, 2.24) is 4.90 Å². The number of carbonyl (C=O) groups excluding carboxylic acids is 3. The fourth-order valence-electron chi connectivity index (χ4n) is 2.72. The van der Waals surface area contributed by atoms with Gasteiger partial charge in [-0.2, -0.15) is 0 Å². The number of nitrogens with zero attached hydrogens (tertiary/aromatic N) is 1. The van der Waals surface area contributed by atoms with Crippen LogP contribution in [0.25, 0.3) is 0 Å². The summed E-state index contributed by atoms with van der Waals surface area (Å²) < 4.78 is 15.4. The second kappa shape index (κ2) is 7.87. The number of hydrogen-bond acceptors (Lipinski definition) is 6. The molecule has 1 saturated heterocycles. The molecule has 0 spiro atoms. The number of nitrogens with one attached hydrogen (secondary N) is 1. The van der Waals surface area contributed by atoms with Gasteiger partial charge in [0, 0.05) is 24.7 Å². The maximum absolute atomic E-state index is 11.9. The van der Waals surface area contributed by atoms with E-state index in [4.69, 9.17) is 14.2 Å². The van der Waals surface area contributed by atoms with Crippen LogP contribution in [0.2, 0.25) is 0 Å². The van der Waals surface area contributed by atoms with Gasteiger partial charge in [0.15, 0.2) is 18.1 Å². The van der Waals surface area contributed by atoms with E-state index >= 15 is 0 Å². The summed E-state index contributed by atoms with van der Waals surface area (Å²) in [5.74, 6) is 0.0748. The fourth-order valence-corrected chi connectivity index (χ4v) is 2.72. The summed E-state index contributed by atoms with van der Waals surface area (Å²) in [6.07, 6.45) is 3.17. The number of ether oxygens (including phenoxy) is 3. The van der Waals surface area contributed by atoms with Crippen LogP contribution in [-0.2, 0) is 19.1 Å². The van der Waals surface area contributed by atoms with Crippen molar-refractivity contribution < 1.29 is 28.6 Å². The number of carbonyl (C=O) groups is 3. The number of fused-ring (bicyclic) bond motifs is 1. The van der Waals surface area contributed by atoms with Crippen LogP contribution in [0.5, 0.6) is 11.5 Å². The van der Waals surface area contributed by atoms with Crippen molar-refractivity contribution in [2.45, 2.75) is 25.7 Å². The minimum Gasteiger partial charge on any atom is -0.454 e. The fraction of sp³-hybridized carbons (Fsp3) is 0.471. The molecule has 25 heavy (non-hydrogen) atoms. The first kappa shape index (κ1) is 17.1. The Morgan fingerprint density at radius 2 is 2.00 bits per heavy atom. The molecule has 3 rings (SSSR count). The van der Waals surface area contributed by atoms with E-state index in [2.05, 4.69) is 5.32 Å². The van der Waals surface area contributed by atoms with Crippen molar-refractivity contribution >= 4 is 23.5 Å². The van der Waals surface area contributed by atoms with Gasteiger partial charge >= 0.3 is 5.97 Å². The summed E-state index contributed by atoms with van der Waals surface area (Å²) in [5.41, 5.74) is 0.521. The molecule has 1 aromatic rings. The van der Waals surface area contributed by atoms with E-state index in [-0.39, 0.29) is 19.2 Å². The lowest BCUT2D eigenvalue weighted by Gasteiger charge is -2.19. The molecule has 0 saturated carbocycles. The Labute approximate surface area is 145 Å². The van der Waals surface area contributed by atoms with Crippen LogP contribution >= 0.6 is 0 Å². The van der Waals surface area contributed by atoms with Gasteiger partial charge in [-0.1, -0.05) is 6.42 Å². The summed E-state index contributed by atoms with van der Waals surface area (Å²) in [6, 6.07) is 5.00. The largest absolute Gasteiger partial charge is 0.454 e. The predicted octanol–water partition coefficient (Wildman–Crippen LogP) is 1.30. The summed E-state index contributed by atoms with van der Waals surface area (Å²) in [6.45, 7) is 0.183. The summed E-state index contributed by atoms with van der Waals surface area (Å²) in [7, 11) is 0. The molecule has 1 aromatic carbocycles. The summed E-state index contributed by atoms with van der Waals surface area (Å²) in [4.78, 5) is 37.1. The third kappa shape index (κ3) is 4.62. The molecule has 2 amide bonds. The third-order valence-electron chi connectivity index (χ3n) is 4.01. The molecular weight excluding hydrogens is 328 g/mol. The molecule has 2 aliphatic heterocycles. The zero-order valence-corrected chi connectivity index (χ0v) is 13.8. The molecule has 0 bridgehead atoms. The van der Waals surface area contributed by atoms with Crippen molar-refractivity contribution in [3.05, 3.63) is 18.2 Å². The molecule has 1 fully saturated rings. The zero-order valence-electron chi connectivity index (χ0n) is 13.8. The second-order valence-corrected chi connectivity index (χ2v) is 5.90. The van der Waals surface area contributed by atoms with Gasteiger partial charge < -0.3 is 24.4 Å². The molecule has 0 atom stereocenters. The Balaban J connectivity index is 1.43. The first-order chi connectivity index (χ1) is 12.1. The van der Waals surface area contributed by atoms with Crippen molar-refractivity contribution in [3.8, 4) is 11.5 Å². The Morgan fingerprint density at radius 3 is 2.88 bits per heavy atom. The lowest BCUT2D eigenvalue weighted by molar-refractivity contribution is -0.151. The van der Waals surface area contributed by atoms with Crippen LogP contribution in [0.15, 0.2) is 18.2 Å². The molecule has 0 unspecified atom stereocenters. The normalized spacial score (nSPS) is 16.3. The van der Waals surface area contributed by atoms with E-state index in [1.165, 1.54) is 4.90 Å². The topological polar surface area (TPSA) is 94.2 Å². The maximum Gasteiger partial charge on any atom is 0.326 e. The molecule has 0 aromatic heterocycles. The Bertz CT molecular complexity index is 675. The standard InChI is InChI=1S/C17H20N2O6/c20-15(18-12-5-6-13-14(8-12)25-11-24-13)10-23-17(22)9-19-7-3-1-2-4-16(19)21/h5-6,8H,1-4,7,9-11H2,(H,18,20). The average molecular weight is 348 g/mol. The van der Waals surface area contributed by atoms with Gasteiger partial charge in [0.1, 0.15) is 6.54 Å². The van der Waals surface area contributed by atoms with E-state index in [9.17, 15) is 14.4 Å². The van der Waals surface area contributed by atoms with Crippen LogP contribution in [0.3, 0.4) is 0 Å². The molecular formula is C17H20N2O6. The van der Waals surface area contributed by atoms with Crippen LogP contribution in [0.4, 0.5) is 5.69 Å². The van der Waals surface area contributed by atoms with Crippen LogP contribution in [-0.4, -0.2) is 49.2 Å². The lowest BCUT2D eigenvalue weighted by Crippen LogP contribution is -2.36. The smallest absolute Gasteiger partial charge is 0.326 e. The van der Waals surface area contributed by atoms with Gasteiger partial charge in [-0.05, 0) is 25.0 Å².